The summed E-state index contributed by atoms with van der Waals surface area (Å²) in [6, 6.07) is 8.90. The molecule has 0 aromatic heterocycles. The highest BCUT2D eigenvalue weighted by Gasteiger charge is 2.19. The van der Waals surface area contributed by atoms with Gasteiger partial charge in [0.25, 0.3) is 0 Å². The highest BCUT2D eigenvalue weighted by atomic mass is 15.1. The number of nitrogens with zero attached hydrogens (tertiary/aromatic N) is 2. The monoisotopic (exact) mass is 275 g/mol. The highest BCUT2D eigenvalue weighted by molar-refractivity contribution is 5.53. The third-order valence-electron chi connectivity index (χ3n) is 4.31. The van der Waals surface area contributed by atoms with Crippen LogP contribution in [-0.2, 0) is 6.42 Å². The lowest BCUT2D eigenvalue weighted by molar-refractivity contribution is 0.222. The molecule has 1 aliphatic heterocycles. The molecule has 1 aliphatic rings. The molecule has 0 radical (unpaired) electrons. The van der Waals surface area contributed by atoms with E-state index in [0.29, 0.717) is 0 Å². The number of para-hydroxylation sites is 1. The molecule has 1 heterocycles. The van der Waals surface area contributed by atoms with Crippen LogP contribution in [0.1, 0.15) is 25.3 Å². The van der Waals surface area contributed by atoms with Crippen molar-refractivity contribution < 1.29 is 0 Å². The molecule has 0 spiro atoms. The maximum atomic E-state index is 5.97. The molecule has 0 aliphatic carbocycles. The fourth-order valence-electron chi connectivity index (χ4n) is 3.13. The Bertz CT molecular complexity index is 408. The molecule has 2 rings (SSSR count). The molecule has 0 bridgehead atoms. The topological polar surface area (TPSA) is 32.5 Å². The van der Waals surface area contributed by atoms with Crippen molar-refractivity contribution in [2.75, 3.05) is 38.6 Å². The van der Waals surface area contributed by atoms with E-state index < -0.39 is 0 Å². The Morgan fingerprint density at radius 2 is 1.95 bits per heavy atom. The smallest absolute Gasteiger partial charge is 0.0396 e. The Hall–Kier alpha value is -1.06. The number of rotatable bonds is 5. The molecule has 3 nitrogen and oxygen atoms in total. The fourth-order valence-corrected chi connectivity index (χ4v) is 3.13. The molecule has 0 saturated carbocycles. The molecule has 1 saturated heterocycles. The maximum absolute atomic E-state index is 5.97. The van der Waals surface area contributed by atoms with Gasteiger partial charge in [0.2, 0.25) is 0 Å². The SMILES string of the molecule is CC(N)Cc1ccccc1N(C)CC1CCN(C)CC1. The zero-order chi connectivity index (χ0) is 14.5. The average Bonchev–Trinajstić information content (AvgIpc) is 2.41. The van der Waals surface area contributed by atoms with Gasteiger partial charge in [-0.3, -0.25) is 0 Å². The van der Waals surface area contributed by atoms with E-state index in [1.807, 2.05) is 0 Å². The predicted octanol–water partition coefficient (Wildman–Crippen LogP) is 2.35. The van der Waals surface area contributed by atoms with Crippen LogP contribution in [0, 0.1) is 5.92 Å². The Morgan fingerprint density at radius 1 is 1.30 bits per heavy atom. The predicted molar refractivity (Wildman–Crippen MR) is 87.3 cm³/mol. The van der Waals surface area contributed by atoms with Crippen LogP contribution in [0.5, 0.6) is 0 Å². The maximum Gasteiger partial charge on any atom is 0.0396 e. The molecule has 1 unspecified atom stereocenters. The minimum Gasteiger partial charge on any atom is -0.374 e. The number of benzene rings is 1. The van der Waals surface area contributed by atoms with Gasteiger partial charge in [-0.2, -0.15) is 0 Å². The van der Waals surface area contributed by atoms with E-state index in [1.165, 1.54) is 37.2 Å². The number of piperidine rings is 1. The summed E-state index contributed by atoms with van der Waals surface area (Å²) in [5.74, 6) is 0.819. The van der Waals surface area contributed by atoms with E-state index in [-0.39, 0.29) is 6.04 Å². The van der Waals surface area contributed by atoms with Crippen LogP contribution in [0.3, 0.4) is 0 Å². The second-order valence-corrected chi connectivity index (χ2v) is 6.44. The zero-order valence-corrected chi connectivity index (χ0v) is 13.2. The first-order chi connectivity index (χ1) is 9.56. The summed E-state index contributed by atoms with van der Waals surface area (Å²) >= 11 is 0. The van der Waals surface area contributed by atoms with Gasteiger partial charge >= 0.3 is 0 Å². The number of hydrogen-bond donors (Lipinski definition) is 1. The highest BCUT2D eigenvalue weighted by Crippen LogP contribution is 2.24. The average molecular weight is 275 g/mol. The van der Waals surface area contributed by atoms with Crippen LogP contribution in [0.15, 0.2) is 24.3 Å². The lowest BCUT2D eigenvalue weighted by Gasteiger charge is -2.33. The summed E-state index contributed by atoms with van der Waals surface area (Å²) in [7, 11) is 4.44. The minimum atomic E-state index is 0.216. The molecular formula is C17H29N3. The van der Waals surface area contributed by atoms with Crippen molar-refractivity contribution in [1.29, 1.82) is 0 Å². The first-order valence-electron chi connectivity index (χ1n) is 7.79. The van der Waals surface area contributed by atoms with Crippen LogP contribution in [0.2, 0.25) is 0 Å². The quantitative estimate of drug-likeness (QED) is 0.895. The van der Waals surface area contributed by atoms with Crippen molar-refractivity contribution in [1.82, 2.24) is 4.90 Å². The second kappa shape index (κ2) is 7.09. The standard InChI is InChI=1S/C17H29N3/c1-14(18)12-16-6-4-5-7-17(16)20(3)13-15-8-10-19(2)11-9-15/h4-7,14-15H,8-13,18H2,1-3H3. The van der Waals surface area contributed by atoms with Crippen molar-refractivity contribution in [2.24, 2.45) is 11.7 Å². The van der Waals surface area contributed by atoms with Gasteiger partial charge in [-0.05, 0) is 63.9 Å². The van der Waals surface area contributed by atoms with E-state index >= 15 is 0 Å². The van der Waals surface area contributed by atoms with E-state index in [9.17, 15) is 0 Å². The summed E-state index contributed by atoms with van der Waals surface area (Å²) in [6.07, 6.45) is 3.58. The third-order valence-corrected chi connectivity index (χ3v) is 4.31. The third kappa shape index (κ3) is 4.22. The molecule has 2 N–H and O–H groups in total. The van der Waals surface area contributed by atoms with Gasteiger partial charge in [-0.1, -0.05) is 18.2 Å². The summed E-state index contributed by atoms with van der Waals surface area (Å²) < 4.78 is 0. The first-order valence-corrected chi connectivity index (χ1v) is 7.79. The van der Waals surface area contributed by atoms with E-state index in [1.54, 1.807) is 0 Å². The molecule has 1 atom stereocenters. The minimum absolute atomic E-state index is 0.216. The largest absolute Gasteiger partial charge is 0.374 e. The second-order valence-electron chi connectivity index (χ2n) is 6.44. The zero-order valence-electron chi connectivity index (χ0n) is 13.2. The lowest BCUT2D eigenvalue weighted by Crippen LogP contribution is -2.36. The van der Waals surface area contributed by atoms with Crippen LogP contribution >= 0.6 is 0 Å². The number of nitrogens with two attached hydrogens (primary N) is 1. The van der Waals surface area contributed by atoms with E-state index in [2.05, 4.69) is 55.1 Å². The summed E-state index contributed by atoms with van der Waals surface area (Å²) in [5, 5.41) is 0. The normalized spacial score (nSPS) is 19.0. The number of hydrogen-bond acceptors (Lipinski definition) is 3. The van der Waals surface area contributed by atoms with Gasteiger partial charge in [0.05, 0.1) is 0 Å². The van der Waals surface area contributed by atoms with Crippen molar-refractivity contribution in [3.63, 3.8) is 0 Å². The molecule has 1 aromatic rings. The van der Waals surface area contributed by atoms with Gasteiger partial charge in [-0.15, -0.1) is 0 Å². The first kappa shape index (κ1) is 15.3. The van der Waals surface area contributed by atoms with Crippen molar-refractivity contribution >= 4 is 5.69 Å². The number of likely N-dealkylation sites (tertiary alicyclic amines) is 1. The molecular weight excluding hydrogens is 246 g/mol. The van der Waals surface area contributed by atoms with Crippen LogP contribution in [-0.4, -0.2) is 44.7 Å². The van der Waals surface area contributed by atoms with Crippen LogP contribution in [0.25, 0.3) is 0 Å². The summed E-state index contributed by atoms with van der Waals surface area (Å²) in [5.41, 5.74) is 8.69. The van der Waals surface area contributed by atoms with Gasteiger partial charge in [0.15, 0.2) is 0 Å². The molecule has 1 fully saturated rings. The molecule has 112 valence electrons. The summed E-state index contributed by atoms with van der Waals surface area (Å²) in [4.78, 5) is 4.86. The molecule has 20 heavy (non-hydrogen) atoms. The van der Waals surface area contributed by atoms with Gasteiger partial charge < -0.3 is 15.5 Å². The number of anilines is 1. The van der Waals surface area contributed by atoms with Crippen molar-refractivity contribution in [3.8, 4) is 0 Å². The van der Waals surface area contributed by atoms with Crippen molar-refractivity contribution in [3.05, 3.63) is 29.8 Å². The van der Waals surface area contributed by atoms with E-state index in [4.69, 9.17) is 5.73 Å². The van der Waals surface area contributed by atoms with Gasteiger partial charge in [-0.25, -0.2) is 0 Å². The van der Waals surface area contributed by atoms with Gasteiger partial charge in [0.1, 0.15) is 0 Å². The Kier molecular flexibility index (Phi) is 5.44. The Balaban J connectivity index is 1.99. The lowest BCUT2D eigenvalue weighted by atomic mass is 9.96. The van der Waals surface area contributed by atoms with Gasteiger partial charge in [0, 0.05) is 25.3 Å². The molecule has 3 heteroatoms. The Labute approximate surface area is 123 Å². The molecule has 0 amide bonds. The fraction of sp³-hybridized carbons (Fsp3) is 0.647. The molecule has 1 aromatic carbocycles. The van der Waals surface area contributed by atoms with Crippen molar-refractivity contribution in [2.45, 2.75) is 32.2 Å². The van der Waals surface area contributed by atoms with E-state index in [0.717, 1.165) is 18.9 Å². The van der Waals surface area contributed by atoms with Crippen LogP contribution in [0.4, 0.5) is 5.69 Å². The Morgan fingerprint density at radius 3 is 2.60 bits per heavy atom. The van der Waals surface area contributed by atoms with Crippen LogP contribution < -0.4 is 10.6 Å². The summed E-state index contributed by atoms with van der Waals surface area (Å²) in [6.45, 7) is 5.71.